The van der Waals surface area contributed by atoms with Crippen LogP contribution in [0.25, 0.3) is 28.2 Å². The number of pyridine rings is 1. The van der Waals surface area contributed by atoms with Crippen LogP contribution in [-0.4, -0.2) is 29.8 Å². The Hall–Kier alpha value is -4.38. The van der Waals surface area contributed by atoms with Gasteiger partial charge < -0.3 is 5.11 Å². The summed E-state index contributed by atoms with van der Waals surface area (Å²) in [6.45, 7) is 4.19. The molecule has 7 nitrogen and oxygen atoms in total. The number of allylic oxidation sites excluding steroid dienone is 2. The molecule has 0 bridgehead atoms. The van der Waals surface area contributed by atoms with E-state index < -0.39 is 5.41 Å². The highest BCUT2D eigenvalue weighted by Crippen LogP contribution is 2.54. The zero-order valence-corrected chi connectivity index (χ0v) is 20.6. The van der Waals surface area contributed by atoms with Crippen LogP contribution in [0.2, 0.25) is 0 Å². The first-order valence-electron chi connectivity index (χ1n) is 12.3. The Labute approximate surface area is 214 Å². The van der Waals surface area contributed by atoms with Gasteiger partial charge in [-0.1, -0.05) is 26.0 Å². The van der Waals surface area contributed by atoms with E-state index in [0.29, 0.717) is 17.6 Å². The molecule has 3 aromatic heterocycles. The molecule has 6 rings (SSSR count). The van der Waals surface area contributed by atoms with Crippen LogP contribution in [0, 0.1) is 29.0 Å². The van der Waals surface area contributed by atoms with Crippen LogP contribution in [0.1, 0.15) is 37.9 Å². The molecule has 0 saturated carbocycles. The van der Waals surface area contributed by atoms with Gasteiger partial charge in [-0.25, -0.2) is 19.0 Å². The maximum atomic E-state index is 13.7. The molecule has 2 aliphatic carbocycles. The molecular weight excluding hydrogens is 467 g/mol. The Kier molecular flexibility index (Phi) is 5.37. The van der Waals surface area contributed by atoms with Gasteiger partial charge in [0, 0.05) is 34.9 Å². The molecule has 3 heterocycles. The average Bonchev–Trinajstić information content (AvgIpc) is 3.32. The molecule has 0 radical (unpaired) electrons. The number of benzene rings is 1. The maximum absolute atomic E-state index is 13.7. The summed E-state index contributed by atoms with van der Waals surface area (Å²) in [6, 6.07) is 13.4. The lowest BCUT2D eigenvalue weighted by atomic mass is 9.56. The minimum absolute atomic E-state index is 0.129. The van der Waals surface area contributed by atoms with Crippen molar-refractivity contribution < 1.29 is 9.50 Å². The van der Waals surface area contributed by atoms with Crippen LogP contribution < -0.4 is 0 Å². The molecule has 37 heavy (non-hydrogen) atoms. The highest BCUT2D eigenvalue weighted by Gasteiger charge is 2.51. The number of aliphatic hydroxyl groups is 1. The summed E-state index contributed by atoms with van der Waals surface area (Å²) in [7, 11) is 0. The molecule has 0 unspecified atom stereocenters. The summed E-state index contributed by atoms with van der Waals surface area (Å²) in [5.74, 6) is -0.144. The Morgan fingerprint density at radius 1 is 1.14 bits per heavy atom. The molecule has 0 aliphatic heterocycles. The van der Waals surface area contributed by atoms with Crippen molar-refractivity contribution >= 4 is 0 Å². The fourth-order valence-corrected chi connectivity index (χ4v) is 6.29. The summed E-state index contributed by atoms with van der Waals surface area (Å²) >= 11 is 0. The Bertz CT molecular complexity index is 1570. The number of fused-ring (bicyclic) bond motifs is 3. The summed E-state index contributed by atoms with van der Waals surface area (Å²) in [5, 5.41) is 25.6. The largest absolute Gasteiger partial charge is 0.511 e. The molecule has 4 aromatic rings. The number of hydrogen-bond donors (Lipinski definition) is 1. The van der Waals surface area contributed by atoms with Crippen LogP contribution in [0.15, 0.2) is 72.6 Å². The number of nitriles is 1. The molecule has 0 fully saturated rings. The second-order valence-electron chi connectivity index (χ2n) is 10.1. The average molecular weight is 493 g/mol. The highest BCUT2D eigenvalue weighted by atomic mass is 19.1. The topological polar surface area (TPSA) is 101 Å². The lowest BCUT2D eigenvalue weighted by Gasteiger charge is -2.47. The van der Waals surface area contributed by atoms with Crippen molar-refractivity contribution in [3.63, 3.8) is 0 Å². The van der Waals surface area contributed by atoms with Crippen molar-refractivity contribution in [2.45, 2.75) is 38.5 Å². The SMILES string of the molecule is C[C@H]1C(O)=C(C#N)C[C@@]2(C)c3c(c(-c4ccncn4)nn3-c3ccc(-c4cncc(F)c4)cc3)CC[C@H]12. The lowest BCUT2D eigenvalue weighted by molar-refractivity contribution is 0.134. The third-order valence-corrected chi connectivity index (χ3v) is 8.05. The van der Waals surface area contributed by atoms with Crippen molar-refractivity contribution in [1.29, 1.82) is 5.26 Å². The van der Waals surface area contributed by atoms with E-state index in [-0.39, 0.29) is 23.4 Å². The third kappa shape index (κ3) is 3.61. The number of aliphatic hydroxyl groups excluding tert-OH is 1. The first-order valence-corrected chi connectivity index (χ1v) is 12.3. The first-order chi connectivity index (χ1) is 17.9. The van der Waals surface area contributed by atoms with Crippen LogP contribution >= 0.6 is 0 Å². The second kappa shape index (κ2) is 8.63. The van der Waals surface area contributed by atoms with E-state index in [9.17, 15) is 14.8 Å². The van der Waals surface area contributed by atoms with E-state index in [0.717, 1.165) is 46.7 Å². The third-order valence-electron chi connectivity index (χ3n) is 8.05. The Morgan fingerprint density at radius 2 is 1.95 bits per heavy atom. The highest BCUT2D eigenvalue weighted by molar-refractivity contribution is 5.66. The van der Waals surface area contributed by atoms with E-state index in [1.165, 1.54) is 18.6 Å². The van der Waals surface area contributed by atoms with Gasteiger partial charge in [-0.2, -0.15) is 10.4 Å². The van der Waals surface area contributed by atoms with Crippen molar-refractivity contribution in [3.05, 3.63) is 89.7 Å². The molecule has 1 N–H and O–H groups in total. The van der Waals surface area contributed by atoms with Gasteiger partial charge in [0.25, 0.3) is 0 Å². The van der Waals surface area contributed by atoms with Gasteiger partial charge in [0.05, 0.1) is 34.9 Å². The minimum Gasteiger partial charge on any atom is -0.511 e. The number of hydrogen-bond acceptors (Lipinski definition) is 6. The maximum Gasteiger partial charge on any atom is 0.142 e. The molecule has 8 heteroatoms. The van der Waals surface area contributed by atoms with E-state index >= 15 is 0 Å². The van der Waals surface area contributed by atoms with Gasteiger partial charge in [0.1, 0.15) is 23.6 Å². The zero-order valence-electron chi connectivity index (χ0n) is 20.6. The Morgan fingerprint density at radius 3 is 2.65 bits per heavy atom. The molecule has 3 atom stereocenters. The number of aromatic nitrogens is 5. The monoisotopic (exact) mass is 492 g/mol. The Balaban J connectivity index is 1.54. The number of nitrogens with zero attached hydrogens (tertiary/aromatic N) is 6. The first kappa shape index (κ1) is 23.0. The summed E-state index contributed by atoms with van der Waals surface area (Å²) in [4.78, 5) is 12.5. The van der Waals surface area contributed by atoms with Gasteiger partial charge in [0.15, 0.2) is 0 Å². The van der Waals surface area contributed by atoms with Gasteiger partial charge in [-0.3, -0.25) is 4.98 Å². The van der Waals surface area contributed by atoms with Gasteiger partial charge in [0.2, 0.25) is 0 Å². The van der Waals surface area contributed by atoms with Crippen LogP contribution in [0.4, 0.5) is 4.39 Å². The lowest BCUT2D eigenvalue weighted by Crippen LogP contribution is -2.45. The van der Waals surface area contributed by atoms with Crippen LogP contribution in [0.3, 0.4) is 0 Å². The normalized spacial score (nSPS) is 22.8. The molecule has 0 amide bonds. The van der Waals surface area contributed by atoms with Crippen molar-refractivity contribution in [3.8, 4) is 34.3 Å². The molecule has 1 aromatic carbocycles. The van der Waals surface area contributed by atoms with E-state index in [1.54, 1.807) is 12.4 Å². The van der Waals surface area contributed by atoms with Gasteiger partial charge >= 0.3 is 0 Å². The smallest absolute Gasteiger partial charge is 0.142 e. The molecule has 2 aliphatic rings. The van der Waals surface area contributed by atoms with Gasteiger partial charge in [-0.05, 0) is 55.0 Å². The molecule has 0 saturated heterocycles. The predicted octanol–water partition coefficient (Wildman–Crippen LogP) is 5.73. The second-order valence-corrected chi connectivity index (χ2v) is 10.1. The van der Waals surface area contributed by atoms with Crippen molar-refractivity contribution in [2.75, 3.05) is 0 Å². The number of rotatable bonds is 3. The van der Waals surface area contributed by atoms with E-state index in [4.69, 9.17) is 5.10 Å². The minimum atomic E-state index is -0.409. The molecular formula is C29H25FN6O. The molecule has 184 valence electrons. The van der Waals surface area contributed by atoms with Crippen molar-refractivity contribution in [1.82, 2.24) is 24.7 Å². The number of halogens is 1. The van der Waals surface area contributed by atoms with E-state index in [1.807, 2.05) is 41.9 Å². The predicted molar refractivity (Wildman–Crippen MR) is 136 cm³/mol. The zero-order chi connectivity index (χ0) is 25.7. The van der Waals surface area contributed by atoms with Gasteiger partial charge in [-0.15, -0.1) is 0 Å². The van der Waals surface area contributed by atoms with Crippen LogP contribution in [-0.2, 0) is 11.8 Å². The summed E-state index contributed by atoms with van der Waals surface area (Å²) < 4.78 is 15.7. The van der Waals surface area contributed by atoms with Crippen LogP contribution in [0.5, 0.6) is 0 Å². The quantitative estimate of drug-likeness (QED) is 0.392. The molecule has 0 spiro atoms. The van der Waals surface area contributed by atoms with Crippen molar-refractivity contribution in [2.24, 2.45) is 11.8 Å². The summed E-state index contributed by atoms with van der Waals surface area (Å²) in [6.07, 6.45) is 8.17. The fourth-order valence-electron chi connectivity index (χ4n) is 6.29. The summed E-state index contributed by atoms with van der Waals surface area (Å²) in [5.41, 5.74) is 6.14. The van der Waals surface area contributed by atoms with E-state index in [2.05, 4.69) is 27.9 Å². The fraction of sp³-hybridized carbons (Fsp3) is 0.276. The standard InChI is InChI=1S/C29H25FN6O/c1-17-24-8-7-23-26(25-9-10-32-16-34-25)35-36(28(23)29(24,2)12-20(13-31)27(17)37)22-5-3-18(4-6-22)19-11-21(30)15-33-14-19/h3-6,9-11,14-17,24,37H,7-8,12H2,1-2H3/t17-,24-,29-/m1/s1.